The average Bonchev–Trinajstić information content (AvgIpc) is 2.43. The summed E-state index contributed by atoms with van der Waals surface area (Å²) in [7, 11) is -7.22. The predicted molar refractivity (Wildman–Crippen MR) is 84.5 cm³/mol. The topological polar surface area (TPSA) is 89.9 Å². The van der Waals surface area contributed by atoms with Crippen molar-refractivity contribution in [2.75, 3.05) is 19.4 Å². The second kappa shape index (κ2) is 8.79. The van der Waals surface area contributed by atoms with Crippen molar-refractivity contribution in [3.63, 3.8) is 0 Å². The van der Waals surface area contributed by atoms with E-state index in [1.807, 2.05) is 6.92 Å². The van der Waals surface area contributed by atoms with Crippen molar-refractivity contribution in [1.29, 1.82) is 0 Å². The van der Waals surface area contributed by atoms with Crippen LogP contribution in [0.15, 0.2) is 29.2 Å². The van der Waals surface area contributed by atoms with Crippen LogP contribution in [-0.4, -0.2) is 32.7 Å². The summed E-state index contributed by atoms with van der Waals surface area (Å²) in [5.41, 5.74) is 0.974. The van der Waals surface area contributed by atoms with Gasteiger partial charge in [0.05, 0.1) is 18.1 Å². The van der Waals surface area contributed by atoms with Gasteiger partial charge in [0.1, 0.15) is 0 Å². The first-order valence-corrected chi connectivity index (χ1v) is 10.4. The summed E-state index contributed by atoms with van der Waals surface area (Å²) >= 11 is 0. The molecular weight excluding hydrogens is 327 g/mol. The van der Waals surface area contributed by atoms with Gasteiger partial charge in [0.25, 0.3) is 10.1 Å². The highest BCUT2D eigenvalue weighted by molar-refractivity contribution is 7.86. The Kier molecular flexibility index (Phi) is 7.72. The highest BCUT2D eigenvalue weighted by Gasteiger charge is 2.17. The molecule has 0 heterocycles. The number of hydrogen-bond acceptors (Lipinski definition) is 5. The molecule has 8 heteroatoms. The standard InChI is InChI=1S/C14H23O6PS/c1-3-19-21(15,16)12-6-4-5-11-20-22(17,18)14-9-7-13(2)8-10-14/h7-10H,3-6,11-12H2,1-2H3,(H,15,16). The second-order valence-corrected chi connectivity index (χ2v) is 8.52. The molecule has 0 saturated heterocycles. The maximum atomic E-state index is 11.9. The summed E-state index contributed by atoms with van der Waals surface area (Å²) in [6.45, 7) is 3.79. The monoisotopic (exact) mass is 350 g/mol. The zero-order valence-electron chi connectivity index (χ0n) is 12.9. The molecule has 6 nitrogen and oxygen atoms in total. The van der Waals surface area contributed by atoms with Crippen LogP contribution in [0.2, 0.25) is 0 Å². The van der Waals surface area contributed by atoms with Crippen LogP contribution < -0.4 is 0 Å². The summed E-state index contributed by atoms with van der Waals surface area (Å²) in [6.07, 6.45) is 1.66. The Morgan fingerprint density at radius 2 is 1.77 bits per heavy atom. The summed E-state index contributed by atoms with van der Waals surface area (Å²) in [5, 5.41) is 0. The quantitative estimate of drug-likeness (QED) is 0.396. The Hall–Kier alpha value is -0.720. The van der Waals surface area contributed by atoms with Gasteiger partial charge in [-0.2, -0.15) is 8.42 Å². The van der Waals surface area contributed by atoms with E-state index >= 15 is 0 Å². The third-order valence-electron chi connectivity index (χ3n) is 2.96. The van der Waals surface area contributed by atoms with Crippen LogP contribution in [0.5, 0.6) is 0 Å². The minimum Gasteiger partial charge on any atom is -0.324 e. The lowest BCUT2D eigenvalue weighted by Gasteiger charge is -2.10. The molecule has 0 amide bonds. The summed E-state index contributed by atoms with van der Waals surface area (Å²) in [5.74, 6) is 0. The molecule has 126 valence electrons. The third-order valence-corrected chi connectivity index (χ3v) is 5.83. The Balaban J connectivity index is 2.29. The van der Waals surface area contributed by atoms with Crippen molar-refractivity contribution in [2.45, 2.75) is 38.0 Å². The molecule has 0 saturated carbocycles. The minimum absolute atomic E-state index is 0.0561. The molecule has 0 spiro atoms. The normalized spacial score (nSPS) is 14.7. The molecule has 1 atom stereocenters. The van der Waals surface area contributed by atoms with Crippen LogP contribution in [0.25, 0.3) is 0 Å². The largest absolute Gasteiger partial charge is 0.328 e. The third kappa shape index (κ3) is 7.03. The van der Waals surface area contributed by atoms with Gasteiger partial charge < -0.3 is 9.42 Å². The maximum absolute atomic E-state index is 11.9. The van der Waals surface area contributed by atoms with Gasteiger partial charge in [0, 0.05) is 6.16 Å². The van der Waals surface area contributed by atoms with E-state index in [4.69, 9.17) is 8.71 Å². The first-order valence-electron chi connectivity index (χ1n) is 7.19. The van der Waals surface area contributed by atoms with Crippen molar-refractivity contribution >= 4 is 17.7 Å². The number of hydrogen-bond donors (Lipinski definition) is 1. The molecule has 0 aromatic heterocycles. The Morgan fingerprint density at radius 3 is 2.36 bits per heavy atom. The lowest BCUT2D eigenvalue weighted by Crippen LogP contribution is -2.07. The smallest absolute Gasteiger partial charge is 0.324 e. The number of unbranched alkanes of at least 4 members (excludes halogenated alkanes) is 2. The second-order valence-electron chi connectivity index (χ2n) is 4.93. The van der Waals surface area contributed by atoms with E-state index < -0.39 is 17.7 Å². The van der Waals surface area contributed by atoms with E-state index in [1.54, 1.807) is 19.1 Å². The number of benzene rings is 1. The van der Waals surface area contributed by atoms with Gasteiger partial charge in [0.15, 0.2) is 0 Å². The fourth-order valence-electron chi connectivity index (χ4n) is 1.80. The number of rotatable bonds is 10. The summed E-state index contributed by atoms with van der Waals surface area (Å²) in [4.78, 5) is 9.51. The molecule has 0 bridgehead atoms. The predicted octanol–water partition coefficient (Wildman–Crippen LogP) is 3.09. The fourth-order valence-corrected chi connectivity index (χ4v) is 3.90. The van der Waals surface area contributed by atoms with Gasteiger partial charge in [-0.25, -0.2) is 0 Å². The molecule has 0 aliphatic carbocycles. The molecule has 0 aliphatic heterocycles. The Bertz CT molecular complexity index is 596. The molecule has 1 unspecified atom stereocenters. The molecule has 22 heavy (non-hydrogen) atoms. The van der Waals surface area contributed by atoms with Gasteiger partial charge in [-0.1, -0.05) is 24.1 Å². The minimum atomic E-state index is -3.73. The van der Waals surface area contributed by atoms with E-state index in [0.717, 1.165) is 5.56 Å². The molecule has 1 aromatic carbocycles. The van der Waals surface area contributed by atoms with Crippen LogP contribution in [0.4, 0.5) is 0 Å². The van der Waals surface area contributed by atoms with Crippen LogP contribution in [0.3, 0.4) is 0 Å². The molecule has 0 aliphatic rings. The van der Waals surface area contributed by atoms with Crippen molar-refractivity contribution in [2.24, 2.45) is 0 Å². The number of aryl methyl sites for hydroxylation is 1. The van der Waals surface area contributed by atoms with Gasteiger partial charge in [-0.3, -0.25) is 8.75 Å². The van der Waals surface area contributed by atoms with Crippen LogP contribution >= 0.6 is 7.60 Å². The van der Waals surface area contributed by atoms with Crippen LogP contribution in [-0.2, 0) is 23.4 Å². The van der Waals surface area contributed by atoms with E-state index in [0.29, 0.717) is 19.3 Å². The fraction of sp³-hybridized carbons (Fsp3) is 0.571. The van der Waals surface area contributed by atoms with Crippen LogP contribution in [0, 0.1) is 6.92 Å². The van der Waals surface area contributed by atoms with Gasteiger partial charge in [-0.05, 0) is 38.8 Å². The van der Waals surface area contributed by atoms with Gasteiger partial charge in [0.2, 0.25) is 0 Å². The van der Waals surface area contributed by atoms with E-state index in [9.17, 15) is 17.9 Å². The van der Waals surface area contributed by atoms with E-state index in [2.05, 4.69) is 0 Å². The SMILES string of the molecule is CCOP(=O)(O)CCCCCOS(=O)(=O)c1ccc(C)cc1. The van der Waals surface area contributed by atoms with Gasteiger partial charge in [-0.15, -0.1) is 0 Å². The molecule has 1 N–H and O–H groups in total. The average molecular weight is 350 g/mol. The van der Waals surface area contributed by atoms with Crippen LogP contribution in [0.1, 0.15) is 31.7 Å². The molecule has 0 radical (unpaired) electrons. The lowest BCUT2D eigenvalue weighted by atomic mass is 10.2. The van der Waals surface area contributed by atoms with Crippen molar-refractivity contribution < 1.29 is 26.6 Å². The molecule has 0 fully saturated rings. The van der Waals surface area contributed by atoms with Gasteiger partial charge >= 0.3 is 7.60 Å². The highest BCUT2D eigenvalue weighted by Crippen LogP contribution is 2.42. The van der Waals surface area contributed by atoms with E-state index in [-0.39, 0.29) is 24.3 Å². The molecule has 1 aromatic rings. The molecular formula is C14H23O6PS. The highest BCUT2D eigenvalue weighted by atomic mass is 32.2. The van der Waals surface area contributed by atoms with Crippen molar-refractivity contribution in [3.05, 3.63) is 29.8 Å². The summed E-state index contributed by atoms with van der Waals surface area (Å²) < 4.78 is 44.9. The van der Waals surface area contributed by atoms with Crippen molar-refractivity contribution in [3.8, 4) is 0 Å². The molecule has 1 rings (SSSR count). The Labute approximate surface area is 132 Å². The van der Waals surface area contributed by atoms with Crippen molar-refractivity contribution in [1.82, 2.24) is 0 Å². The zero-order valence-corrected chi connectivity index (χ0v) is 14.6. The Morgan fingerprint density at radius 1 is 1.14 bits per heavy atom. The van der Waals surface area contributed by atoms with E-state index in [1.165, 1.54) is 12.1 Å². The lowest BCUT2D eigenvalue weighted by molar-refractivity contribution is 0.271. The first-order chi connectivity index (χ1) is 10.3. The zero-order chi connectivity index (χ0) is 16.6. The first kappa shape index (κ1) is 19.3. The summed E-state index contributed by atoms with van der Waals surface area (Å²) in [6, 6.07) is 6.44. The maximum Gasteiger partial charge on any atom is 0.328 e.